The van der Waals surface area contributed by atoms with Crippen molar-refractivity contribution in [2.45, 2.75) is 12.8 Å². The first kappa shape index (κ1) is 17.4. The number of benzene rings is 2. The number of rotatable bonds is 7. The molecule has 0 radical (unpaired) electrons. The fraction of sp³-hybridized carbons (Fsp3) is 0.235. The fourth-order valence-electron chi connectivity index (χ4n) is 2.33. The number of carbonyl (C=O) groups is 1. The van der Waals surface area contributed by atoms with Crippen molar-refractivity contribution < 1.29 is 14.1 Å². The Balaban J connectivity index is 1.99. The molecule has 0 heterocycles. The zero-order valence-corrected chi connectivity index (χ0v) is 13.2. The Kier molecular flexibility index (Phi) is 5.83. The number of aryl methyl sites for hydroxylation is 1. The normalized spacial score (nSPS) is 10.2. The third kappa shape index (κ3) is 4.52. The Hall–Kier alpha value is -2.96. The zero-order chi connectivity index (χ0) is 17.5. The number of amides is 1. The molecule has 2 aromatic carbocycles. The van der Waals surface area contributed by atoms with Crippen LogP contribution in [0.2, 0.25) is 0 Å². The summed E-state index contributed by atoms with van der Waals surface area (Å²) in [5.41, 5.74) is 1.31. The summed E-state index contributed by atoms with van der Waals surface area (Å²) < 4.78 is 13.1. The maximum Gasteiger partial charge on any atom is 0.293 e. The maximum atomic E-state index is 13.1. The lowest BCUT2D eigenvalue weighted by molar-refractivity contribution is -0.384. The maximum absolute atomic E-state index is 13.1. The molecule has 0 unspecified atom stereocenters. The Labute approximate surface area is 138 Å². The lowest BCUT2D eigenvalue weighted by atomic mass is 10.1. The van der Waals surface area contributed by atoms with Gasteiger partial charge in [-0.25, -0.2) is 4.39 Å². The van der Waals surface area contributed by atoms with Gasteiger partial charge < -0.3 is 10.6 Å². The van der Waals surface area contributed by atoms with Gasteiger partial charge in [-0.1, -0.05) is 12.1 Å². The quantitative estimate of drug-likeness (QED) is 0.464. The molecule has 6 nitrogen and oxygen atoms in total. The molecule has 0 atom stereocenters. The molecule has 0 aliphatic rings. The monoisotopic (exact) mass is 331 g/mol. The first-order valence-corrected chi connectivity index (χ1v) is 7.50. The molecule has 0 spiro atoms. The summed E-state index contributed by atoms with van der Waals surface area (Å²) in [6.07, 6.45) is 1.35. The smallest absolute Gasteiger partial charge is 0.293 e. The number of nitrogens with zero attached hydrogens (tertiary/aromatic N) is 1. The Morgan fingerprint density at radius 2 is 2.04 bits per heavy atom. The van der Waals surface area contributed by atoms with Gasteiger partial charge in [0.05, 0.1) is 4.92 Å². The van der Waals surface area contributed by atoms with Gasteiger partial charge in [0, 0.05) is 25.2 Å². The second kappa shape index (κ2) is 8.05. The minimum absolute atomic E-state index is 0.151. The molecular weight excluding hydrogens is 313 g/mol. The number of hydrogen-bond donors (Lipinski definition) is 2. The highest BCUT2D eigenvalue weighted by molar-refractivity contribution is 5.95. The highest BCUT2D eigenvalue weighted by atomic mass is 19.1. The molecule has 24 heavy (non-hydrogen) atoms. The Morgan fingerprint density at radius 1 is 1.25 bits per heavy atom. The molecule has 1 amide bonds. The van der Waals surface area contributed by atoms with Crippen LogP contribution in [-0.4, -0.2) is 24.4 Å². The molecule has 2 aromatic rings. The molecule has 126 valence electrons. The number of nitro benzene ring substituents is 1. The van der Waals surface area contributed by atoms with Crippen LogP contribution in [0.15, 0.2) is 42.5 Å². The number of nitro groups is 1. The summed E-state index contributed by atoms with van der Waals surface area (Å²) in [6.45, 7) is 0.497. The lowest BCUT2D eigenvalue weighted by Crippen LogP contribution is -2.18. The summed E-state index contributed by atoms with van der Waals surface area (Å²) in [5, 5.41) is 16.6. The number of hydrogen-bond acceptors (Lipinski definition) is 4. The van der Waals surface area contributed by atoms with Gasteiger partial charge in [0.2, 0.25) is 0 Å². The van der Waals surface area contributed by atoms with E-state index in [2.05, 4.69) is 10.6 Å². The van der Waals surface area contributed by atoms with E-state index in [1.54, 1.807) is 6.07 Å². The standard InChI is InChI=1S/C17H18FN3O3/c1-19-17(22)13-7-8-15(16(11-13)21(23)24)20-9-3-5-12-4-2-6-14(18)10-12/h2,4,6-8,10-11,20H,3,5,9H2,1H3,(H,19,22). The number of halogens is 1. The van der Waals surface area contributed by atoms with Crippen molar-refractivity contribution >= 4 is 17.3 Å². The van der Waals surface area contributed by atoms with Crippen molar-refractivity contribution in [3.05, 3.63) is 69.5 Å². The van der Waals surface area contributed by atoms with E-state index in [1.807, 2.05) is 6.07 Å². The van der Waals surface area contributed by atoms with E-state index in [0.29, 0.717) is 25.1 Å². The molecule has 0 saturated carbocycles. The van der Waals surface area contributed by atoms with Crippen molar-refractivity contribution in [3.8, 4) is 0 Å². The average molecular weight is 331 g/mol. The molecule has 0 saturated heterocycles. The molecule has 0 bridgehead atoms. The van der Waals surface area contributed by atoms with Crippen LogP contribution < -0.4 is 10.6 Å². The van der Waals surface area contributed by atoms with E-state index in [0.717, 1.165) is 5.56 Å². The van der Waals surface area contributed by atoms with Crippen LogP contribution in [0.1, 0.15) is 22.3 Å². The summed E-state index contributed by atoms with van der Waals surface area (Å²) >= 11 is 0. The summed E-state index contributed by atoms with van der Waals surface area (Å²) in [7, 11) is 1.47. The van der Waals surface area contributed by atoms with Gasteiger partial charge in [-0.3, -0.25) is 14.9 Å². The van der Waals surface area contributed by atoms with Gasteiger partial charge in [-0.15, -0.1) is 0 Å². The van der Waals surface area contributed by atoms with E-state index in [-0.39, 0.29) is 23.0 Å². The fourth-order valence-corrected chi connectivity index (χ4v) is 2.33. The first-order valence-electron chi connectivity index (χ1n) is 7.50. The molecule has 2 rings (SSSR count). The van der Waals surface area contributed by atoms with E-state index in [1.165, 1.54) is 37.4 Å². The van der Waals surface area contributed by atoms with Crippen LogP contribution >= 0.6 is 0 Å². The lowest BCUT2D eigenvalue weighted by Gasteiger charge is -2.08. The van der Waals surface area contributed by atoms with Crippen molar-refractivity contribution in [2.24, 2.45) is 0 Å². The average Bonchev–Trinajstić information content (AvgIpc) is 2.58. The largest absolute Gasteiger partial charge is 0.379 e. The Bertz CT molecular complexity index is 750. The number of nitrogens with one attached hydrogen (secondary N) is 2. The second-order valence-corrected chi connectivity index (χ2v) is 5.23. The van der Waals surface area contributed by atoms with E-state index in [9.17, 15) is 19.3 Å². The third-order valence-electron chi connectivity index (χ3n) is 3.53. The van der Waals surface area contributed by atoms with Crippen LogP contribution in [0.5, 0.6) is 0 Å². The van der Waals surface area contributed by atoms with Gasteiger partial charge in [-0.2, -0.15) is 0 Å². The molecule has 2 N–H and O–H groups in total. The number of anilines is 1. The summed E-state index contributed by atoms with van der Waals surface area (Å²) in [4.78, 5) is 22.2. The molecular formula is C17H18FN3O3. The van der Waals surface area contributed by atoms with Crippen molar-refractivity contribution in [1.29, 1.82) is 0 Å². The molecule has 0 aromatic heterocycles. The predicted octanol–water partition coefficient (Wildman–Crippen LogP) is 3.14. The van der Waals surface area contributed by atoms with Gasteiger partial charge >= 0.3 is 0 Å². The van der Waals surface area contributed by atoms with Gasteiger partial charge in [0.15, 0.2) is 0 Å². The van der Waals surface area contributed by atoms with Crippen LogP contribution in [0.25, 0.3) is 0 Å². The van der Waals surface area contributed by atoms with E-state index >= 15 is 0 Å². The molecule has 0 aliphatic heterocycles. The van der Waals surface area contributed by atoms with Gasteiger partial charge in [0.25, 0.3) is 11.6 Å². The van der Waals surface area contributed by atoms with Crippen LogP contribution in [0.3, 0.4) is 0 Å². The minimum atomic E-state index is -0.526. The van der Waals surface area contributed by atoms with Crippen molar-refractivity contribution in [1.82, 2.24) is 5.32 Å². The summed E-state index contributed by atoms with van der Waals surface area (Å²) in [5.74, 6) is -0.656. The highest BCUT2D eigenvalue weighted by Gasteiger charge is 2.16. The number of carbonyl (C=O) groups excluding carboxylic acids is 1. The summed E-state index contributed by atoms with van der Waals surface area (Å²) in [6, 6.07) is 10.6. The third-order valence-corrected chi connectivity index (χ3v) is 3.53. The van der Waals surface area contributed by atoms with Crippen LogP contribution in [-0.2, 0) is 6.42 Å². The van der Waals surface area contributed by atoms with E-state index < -0.39 is 4.92 Å². The Morgan fingerprint density at radius 3 is 2.71 bits per heavy atom. The van der Waals surface area contributed by atoms with Gasteiger partial charge in [0.1, 0.15) is 11.5 Å². The highest BCUT2D eigenvalue weighted by Crippen LogP contribution is 2.25. The first-order chi connectivity index (χ1) is 11.5. The molecule has 0 aliphatic carbocycles. The molecule has 0 fully saturated rings. The van der Waals surface area contributed by atoms with Gasteiger partial charge in [-0.05, 0) is 42.7 Å². The SMILES string of the molecule is CNC(=O)c1ccc(NCCCc2cccc(F)c2)c([N+](=O)[O-])c1. The minimum Gasteiger partial charge on any atom is -0.379 e. The van der Waals surface area contributed by atoms with Crippen LogP contribution in [0.4, 0.5) is 15.8 Å². The zero-order valence-electron chi connectivity index (χ0n) is 13.2. The molecule has 7 heteroatoms. The predicted molar refractivity (Wildman–Crippen MR) is 89.7 cm³/mol. The van der Waals surface area contributed by atoms with Crippen molar-refractivity contribution in [2.75, 3.05) is 18.9 Å². The van der Waals surface area contributed by atoms with Crippen molar-refractivity contribution in [3.63, 3.8) is 0 Å². The topological polar surface area (TPSA) is 84.3 Å². The second-order valence-electron chi connectivity index (χ2n) is 5.23. The van der Waals surface area contributed by atoms with E-state index in [4.69, 9.17) is 0 Å². The van der Waals surface area contributed by atoms with Crippen LogP contribution in [0, 0.1) is 15.9 Å².